The van der Waals surface area contributed by atoms with E-state index in [0.29, 0.717) is 29.8 Å². The molecule has 0 aliphatic carbocycles. The molecule has 0 aliphatic rings. The average Bonchev–Trinajstić information content (AvgIpc) is 3.31. The number of nitrogens with zero attached hydrogens (tertiary/aromatic N) is 1. The van der Waals surface area contributed by atoms with Gasteiger partial charge in [-0.1, -0.05) is 119 Å². The first kappa shape index (κ1) is 54.2. The molecule has 66 heavy (non-hydrogen) atoms. The fourth-order valence-corrected chi connectivity index (χ4v) is 7.05. The van der Waals surface area contributed by atoms with Gasteiger partial charge in [-0.15, -0.1) is 36.4 Å². The van der Waals surface area contributed by atoms with Crippen LogP contribution in [-0.2, 0) is 43.6 Å². The number of para-hydroxylation sites is 1. The smallest absolute Gasteiger partial charge is 0.506 e. The Morgan fingerprint density at radius 1 is 0.621 bits per heavy atom. The fraction of sp³-hybridized carbons (Fsp3) is 0.233. The number of aryl methyl sites for hydroxylation is 2. The van der Waals surface area contributed by atoms with E-state index in [1.54, 1.807) is 12.1 Å². The van der Waals surface area contributed by atoms with Crippen LogP contribution in [0.3, 0.4) is 0 Å². The molecule has 7 aromatic rings. The third-order valence-electron chi connectivity index (χ3n) is 10.6. The number of carbonyl (C=O) groups is 1. The summed E-state index contributed by atoms with van der Waals surface area (Å²) in [5.74, 6) is 0.865. The van der Waals surface area contributed by atoms with Crippen LogP contribution >= 0.6 is 0 Å². The topological polar surface area (TPSA) is 59.0 Å². The van der Waals surface area contributed by atoms with Crippen LogP contribution in [-0.4, -0.2) is 31.3 Å². The van der Waals surface area contributed by atoms with Crippen molar-refractivity contribution in [2.24, 2.45) is 0 Å². The van der Waals surface area contributed by atoms with Crippen molar-refractivity contribution in [1.82, 2.24) is 0 Å². The Hall–Kier alpha value is -6.11. The van der Waals surface area contributed by atoms with Gasteiger partial charge in [-0.05, 0) is 72.1 Å². The summed E-state index contributed by atoms with van der Waals surface area (Å²) in [5.41, 5.74) is 12.1. The van der Waals surface area contributed by atoms with Gasteiger partial charge in [0.15, 0.2) is 0 Å². The van der Waals surface area contributed by atoms with Crippen LogP contribution in [0.2, 0.25) is 0 Å². The third kappa shape index (κ3) is 17.7. The van der Waals surface area contributed by atoms with E-state index >= 15 is 0 Å². The van der Waals surface area contributed by atoms with Crippen LogP contribution in [0, 0.1) is 27.7 Å². The van der Waals surface area contributed by atoms with Crippen molar-refractivity contribution >= 4 is 11.7 Å². The molecular formula is C60H68HfNO4+. The summed E-state index contributed by atoms with van der Waals surface area (Å²) in [6.45, 7) is 26.0. The molecule has 0 spiro atoms. The summed E-state index contributed by atoms with van der Waals surface area (Å²) in [7, 11) is 2.17. The fourth-order valence-electron chi connectivity index (χ4n) is 7.05. The molecule has 5 nitrogen and oxygen atoms in total. The van der Waals surface area contributed by atoms with Gasteiger partial charge in [-0.3, -0.25) is 0 Å². The standard InChI is InChI=1S/C39H47NO4.3C7H7.Hf/c1-8-29-18-19-36(43-21-13-20-40(7)37-33(26(2)3)22-28(6)23-34(37)27(4)5)35(24-29)31-16-12-17-32(38(31)41)39(42)44-25-30-14-10-9-11-15-30;3*1-7-5-3-2-4-6-7;/h9-12,14-19,22-24,26-27,41H,8,13,20-21,25H2,1-7H3;3*2-6H,1H2;/q;3*-1;+4. The molecule has 0 saturated heterocycles. The van der Waals surface area contributed by atoms with Crippen molar-refractivity contribution in [2.45, 2.75) is 72.8 Å². The number of rotatable bonds is 13. The molecule has 0 unspecified atom stereocenters. The van der Waals surface area contributed by atoms with E-state index in [2.05, 4.69) is 92.5 Å². The molecule has 0 radical (unpaired) electrons. The van der Waals surface area contributed by atoms with E-state index in [1.807, 2.05) is 140 Å². The van der Waals surface area contributed by atoms with E-state index in [-0.39, 0.29) is 43.8 Å². The number of hydrogen-bond acceptors (Lipinski definition) is 5. The Kier molecular flexibility index (Phi) is 23.6. The van der Waals surface area contributed by atoms with Gasteiger partial charge in [-0.25, -0.2) is 4.79 Å². The molecule has 0 aliphatic heterocycles. The largest absolute Gasteiger partial charge is 4.00 e. The first-order valence-corrected chi connectivity index (χ1v) is 22.5. The number of carbonyl (C=O) groups excluding carboxylic acids is 1. The van der Waals surface area contributed by atoms with E-state index in [9.17, 15) is 9.90 Å². The number of ether oxygens (including phenoxy) is 2. The van der Waals surface area contributed by atoms with E-state index < -0.39 is 5.97 Å². The van der Waals surface area contributed by atoms with Gasteiger partial charge < -0.3 is 19.5 Å². The molecule has 0 amide bonds. The van der Waals surface area contributed by atoms with Gasteiger partial charge in [0.25, 0.3) is 0 Å². The van der Waals surface area contributed by atoms with Crippen LogP contribution < -0.4 is 9.64 Å². The van der Waals surface area contributed by atoms with E-state index in [0.717, 1.165) is 52.8 Å². The number of anilines is 1. The normalized spacial score (nSPS) is 10.2. The summed E-state index contributed by atoms with van der Waals surface area (Å²) in [5, 5.41) is 11.3. The maximum Gasteiger partial charge on any atom is 4.00 e. The molecule has 1 N–H and O–H groups in total. The van der Waals surface area contributed by atoms with Crippen molar-refractivity contribution in [3.05, 3.63) is 241 Å². The molecule has 0 fully saturated rings. The number of phenolic OH excluding ortho intramolecular Hbond substituents is 1. The average molecular weight is 1050 g/mol. The Bertz CT molecular complexity index is 2330. The van der Waals surface area contributed by atoms with Gasteiger partial charge in [0.1, 0.15) is 23.7 Å². The zero-order valence-electron chi connectivity index (χ0n) is 40.1. The quantitative estimate of drug-likeness (QED) is 0.0540. The summed E-state index contributed by atoms with van der Waals surface area (Å²) in [6, 6.07) is 55.0. The second-order valence-corrected chi connectivity index (χ2v) is 16.6. The zero-order valence-corrected chi connectivity index (χ0v) is 43.7. The summed E-state index contributed by atoms with van der Waals surface area (Å²) in [6.07, 6.45) is 1.66. The molecular weight excluding hydrogens is 977 g/mol. The van der Waals surface area contributed by atoms with Crippen molar-refractivity contribution in [3.63, 3.8) is 0 Å². The molecule has 6 heteroatoms. The van der Waals surface area contributed by atoms with E-state index in [4.69, 9.17) is 9.47 Å². The Balaban J connectivity index is 0.000000424. The summed E-state index contributed by atoms with van der Waals surface area (Å²) >= 11 is 0. The Labute approximate surface area is 415 Å². The molecule has 7 aromatic carbocycles. The molecule has 0 aromatic heterocycles. The summed E-state index contributed by atoms with van der Waals surface area (Å²) < 4.78 is 11.9. The summed E-state index contributed by atoms with van der Waals surface area (Å²) in [4.78, 5) is 15.3. The Morgan fingerprint density at radius 3 is 1.55 bits per heavy atom. The molecule has 0 atom stereocenters. The molecule has 0 heterocycles. The second kappa shape index (κ2) is 28.7. The van der Waals surface area contributed by atoms with Crippen LogP contribution in [0.1, 0.15) is 108 Å². The van der Waals surface area contributed by atoms with Gasteiger partial charge in [0, 0.05) is 30.4 Å². The number of hydrogen-bond donors (Lipinski definition) is 1. The van der Waals surface area contributed by atoms with Crippen molar-refractivity contribution in [2.75, 3.05) is 25.1 Å². The Morgan fingerprint density at radius 2 is 1.11 bits per heavy atom. The third-order valence-corrected chi connectivity index (χ3v) is 10.6. The minimum Gasteiger partial charge on any atom is -0.506 e. The minimum atomic E-state index is -0.567. The van der Waals surface area contributed by atoms with Crippen LogP contribution in [0.15, 0.2) is 170 Å². The predicted octanol–water partition coefficient (Wildman–Crippen LogP) is 15.0. The number of aromatic hydroxyl groups is 1. The number of benzene rings is 7. The van der Waals surface area contributed by atoms with E-state index in [1.165, 1.54) is 22.4 Å². The monoisotopic (exact) mass is 1050 g/mol. The number of phenols is 1. The van der Waals surface area contributed by atoms with Crippen LogP contribution in [0.25, 0.3) is 11.1 Å². The molecule has 340 valence electrons. The minimum absolute atomic E-state index is 0. The second-order valence-electron chi connectivity index (χ2n) is 16.6. The molecule has 0 bridgehead atoms. The maximum absolute atomic E-state index is 13.0. The maximum atomic E-state index is 13.0. The van der Waals surface area contributed by atoms with Gasteiger partial charge in [0.2, 0.25) is 0 Å². The first-order chi connectivity index (χ1) is 31.3. The molecule has 7 rings (SSSR count). The van der Waals surface area contributed by atoms with Crippen molar-refractivity contribution in [1.29, 1.82) is 0 Å². The van der Waals surface area contributed by atoms with Gasteiger partial charge >= 0.3 is 31.8 Å². The van der Waals surface area contributed by atoms with Crippen LogP contribution in [0.5, 0.6) is 11.5 Å². The number of esters is 1. The van der Waals surface area contributed by atoms with Crippen molar-refractivity contribution in [3.8, 4) is 22.6 Å². The predicted molar refractivity (Wildman–Crippen MR) is 274 cm³/mol. The molecule has 0 saturated carbocycles. The van der Waals surface area contributed by atoms with Crippen molar-refractivity contribution < 1.29 is 45.2 Å². The van der Waals surface area contributed by atoms with Gasteiger partial charge in [0.05, 0.1) is 6.61 Å². The SMILES string of the molecule is CCc1ccc(OCCCN(C)c2c(C(C)C)cc(C)cc2C(C)C)c(-c2cccc(C(=O)OCc3ccccc3)c2O)c1.[CH2-]c1ccccc1.[CH2-]c1ccccc1.[CH2-]c1ccccc1.[Hf+4]. The van der Waals surface area contributed by atoms with Gasteiger partial charge in [-0.2, -0.15) is 73.9 Å². The first-order valence-electron chi connectivity index (χ1n) is 22.5. The van der Waals surface area contributed by atoms with Crippen LogP contribution in [0.4, 0.5) is 5.69 Å². The zero-order chi connectivity index (χ0) is 47.1.